The fourth-order valence-corrected chi connectivity index (χ4v) is 2.91. The number of ketones is 1. The quantitative estimate of drug-likeness (QED) is 0.187. The molecule has 0 saturated heterocycles. The molecule has 0 aromatic carbocycles. The van der Waals surface area contributed by atoms with Crippen LogP contribution in [0.1, 0.15) is 38.5 Å². The molecule has 0 aromatic heterocycles. The Hall–Kier alpha value is -1.67. The molecule has 14 heteroatoms. The minimum Gasteiger partial charge on any atom is -0.411 e. The summed E-state index contributed by atoms with van der Waals surface area (Å²) in [4.78, 5) is 23.7. The summed E-state index contributed by atoms with van der Waals surface area (Å²) in [6.45, 7) is -0.316. The van der Waals surface area contributed by atoms with Crippen LogP contribution < -0.4 is 0 Å². The van der Waals surface area contributed by atoms with E-state index in [9.17, 15) is 44.3 Å². The van der Waals surface area contributed by atoms with Gasteiger partial charge in [-0.25, -0.2) is 4.79 Å². The molecule has 0 spiro atoms. The van der Waals surface area contributed by atoms with E-state index in [4.69, 9.17) is 4.55 Å². The standard InChI is InChI=1S/C15H18F6O7S/c1-9(16)12(23)28-14(15(19,20)21,27-8-13(17,18)29(24,25)26)11(22)7-10-5-3-2-4-6-10/h10H,1-8H2,(H,24,25,26). The Bertz CT molecular complexity index is 743. The first-order chi connectivity index (χ1) is 13.0. The van der Waals surface area contributed by atoms with Crippen molar-refractivity contribution in [2.24, 2.45) is 5.92 Å². The maximum absolute atomic E-state index is 13.6. The van der Waals surface area contributed by atoms with Crippen molar-refractivity contribution < 1.29 is 58.4 Å². The van der Waals surface area contributed by atoms with Crippen LogP contribution in [0.5, 0.6) is 0 Å². The van der Waals surface area contributed by atoms with E-state index in [1.165, 1.54) is 0 Å². The maximum Gasteiger partial charge on any atom is 0.463 e. The second-order valence-corrected chi connectivity index (χ2v) is 7.99. The molecule has 0 aliphatic heterocycles. The first kappa shape index (κ1) is 25.4. The third-order valence-corrected chi connectivity index (χ3v) is 5.09. The monoisotopic (exact) mass is 456 g/mol. The number of hydrogen-bond acceptors (Lipinski definition) is 6. The van der Waals surface area contributed by atoms with E-state index in [-0.39, 0.29) is 0 Å². The highest BCUT2D eigenvalue weighted by Crippen LogP contribution is 2.41. The number of halogens is 6. The van der Waals surface area contributed by atoms with Gasteiger partial charge in [-0.2, -0.15) is 34.8 Å². The number of Topliss-reactive ketones (excluding diaryl/α,β-unsaturated/α-hetero) is 1. The molecule has 1 fully saturated rings. The molecule has 168 valence electrons. The summed E-state index contributed by atoms with van der Waals surface area (Å²) < 4.78 is 118. The summed E-state index contributed by atoms with van der Waals surface area (Å²) in [5.74, 6) is -11.9. The third kappa shape index (κ3) is 6.15. The van der Waals surface area contributed by atoms with E-state index in [2.05, 4.69) is 16.1 Å². The predicted molar refractivity (Wildman–Crippen MR) is 83.8 cm³/mol. The van der Waals surface area contributed by atoms with Crippen molar-refractivity contribution in [3.63, 3.8) is 0 Å². The molecule has 1 aliphatic carbocycles. The first-order valence-electron chi connectivity index (χ1n) is 8.20. The summed E-state index contributed by atoms with van der Waals surface area (Å²) >= 11 is 0. The fraction of sp³-hybridized carbons (Fsp3) is 0.733. The van der Waals surface area contributed by atoms with Gasteiger partial charge in [-0.3, -0.25) is 9.35 Å². The second-order valence-electron chi connectivity index (χ2n) is 6.44. The number of carbonyl (C=O) groups excluding carboxylic acids is 2. The lowest BCUT2D eigenvalue weighted by atomic mass is 9.84. The van der Waals surface area contributed by atoms with Gasteiger partial charge in [0.1, 0.15) is 6.61 Å². The molecule has 0 amide bonds. The summed E-state index contributed by atoms with van der Waals surface area (Å²) in [7, 11) is -6.24. The molecule has 29 heavy (non-hydrogen) atoms. The zero-order valence-electron chi connectivity index (χ0n) is 14.8. The smallest absolute Gasteiger partial charge is 0.411 e. The van der Waals surface area contributed by atoms with Crippen molar-refractivity contribution in [2.45, 2.75) is 55.7 Å². The van der Waals surface area contributed by atoms with Crippen LogP contribution in [0.4, 0.5) is 26.3 Å². The predicted octanol–water partition coefficient (Wildman–Crippen LogP) is 3.31. The van der Waals surface area contributed by atoms with Gasteiger partial charge in [-0.1, -0.05) is 38.7 Å². The third-order valence-electron chi connectivity index (χ3n) is 4.22. The van der Waals surface area contributed by atoms with Crippen molar-refractivity contribution in [1.82, 2.24) is 0 Å². The first-order valence-corrected chi connectivity index (χ1v) is 9.64. The number of hydrogen-bond donors (Lipinski definition) is 1. The van der Waals surface area contributed by atoms with Gasteiger partial charge in [-0.05, 0) is 5.92 Å². The molecule has 1 rings (SSSR count). The molecule has 1 saturated carbocycles. The summed E-state index contributed by atoms with van der Waals surface area (Å²) in [6.07, 6.45) is -4.32. The van der Waals surface area contributed by atoms with Gasteiger partial charge < -0.3 is 9.47 Å². The van der Waals surface area contributed by atoms with Crippen LogP contribution in [0.2, 0.25) is 0 Å². The zero-order valence-corrected chi connectivity index (χ0v) is 15.6. The molecule has 0 heterocycles. The van der Waals surface area contributed by atoms with Crippen molar-refractivity contribution >= 4 is 21.9 Å². The molecular formula is C15H18F6O7S. The van der Waals surface area contributed by atoms with Gasteiger partial charge in [0.2, 0.25) is 11.6 Å². The topological polar surface area (TPSA) is 107 Å². The largest absolute Gasteiger partial charge is 0.463 e. The fourth-order valence-electron chi connectivity index (χ4n) is 2.70. The lowest BCUT2D eigenvalue weighted by Crippen LogP contribution is -2.59. The Morgan fingerprint density at radius 1 is 1.07 bits per heavy atom. The minimum absolute atomic E-state index is 0.324. The molecule has 1 atom stereocenters. The highest BCUT2D eigenvalue weighted by molar-refractivity contribution is 7.86. The van der Waals surface area contributed by atoms with Crippen LogP contribution in [0.25, 0.3) is 0 Å². The molecule has 1 N–H and O–H groups in total. The van der Waals surface area contributed by atoms with E-state index in [0.29, 0.717) is 25.7 Å². The number of carbonyl (C=O) groups is 2. The van der Waals surface area contributed by atoms with Gasteiger partial charge in [-0.15, -0.1) is 0 Å². The average Bonchev–Trinajstić information content (AvgIpc) is 2.56. The molecule has 0 aromatic rings. The Balaban J connectivity index is 3.31. The van der Waals surface area contributed by atoms with Gasteiger partial charge in [0.25, 0.3) is 0 Å². The van der Waals surface area contributed by atoms with Crippen LogP contribution in [-0.4, -0.2) is 48.5 Å². The molecule has 1 aliphatic rings. The van der Waals surface area contributed by atoms with Crippen LogP contribution >= 0.6 is 0 Å². The Kier molecular flexibility index (Phi) is 7.87. The minimum atomic E-state index is -6.24. The lowest BCUT2D eigenvalue weighted by Gasteiger charge is -2.35. The lowest BCUT2D eigenvalue weighted by molar-refractivity contribution is -0.352. The number of esters is 1. The number of rotatable bonds is 9. The summed E-state index contributed by atoms with van der Waals surface area (Å²) in [6, 6.07) is 0. The highest BCUT2D eigenvalue weighted by Gasteiger charge is 2.67. The summed E-state index contributed by atoms with van der Waals surface area (Å²) in [5, 5.41) is -5.28. The Labute approximate surface area is 161 Å². The van der Waals surface area contributed by atoms with E-state index in [1.54, 1.807) is 0 Å². The van der Waals surface area contributed by atoms with E-state index >= 15 is 0 Å². The van der Waals surface area contributed by atoms with Crippen molar-refractivity contribution in [3.8, 4) is 0 Å². The van der Waals surface area contributed by atoms with Crippen LogP contribution in [0, 0.1) is 5.92 Å². The molecule has 1 unspecified atom stereocenters. The normalized spacial score (nSPS) is 18.7. The van der Waals surface area contributed by atoms with Gasteiger partial charge in [0.15, 0.2) is 0 Å². The Morgan fingerprint density at radius 3 is 2.00 bits per heavy atom. The van der Waals surface area contributed by atoms with Gasteiger partial charge in [0.05, 0.1) is 0 Å². The zero-order chi connectivity index (χ0) is 22.7. The average molecular weight is 456 g/mol. The number of alkyl halides is 5. The molecule has 0 radical (unpaired) electrons. The van der Waals surface area contributed by atoms with Gasteiger partial charge >= 0.3 is 33.3 Å². The summed E-state index contributed by atoms with van der Waals surface area (Å²) in [5.41, 5.74) is 0. The van der Waals surface area contributed by atoms with Crippen molar-refractivity contribution in [2.75, 3.05) is 6.61 Å². The van der Waals surface area contributed by atoms with Crippen LogP contribution in [-0.2, 0) is 29.2 Å². The van der Waals surface area contributed by atoms with Gasteiger partial charge in [0, 0.05) is 6.42 Å². The number of ether oxygens (including phenoxy) is 2. The van der Waals surface area contributed by atoms with Crippen molar-refractivity contribution in [3.05, 3.63) is 12.4 Å². The van der Waals surface area contributed by atoms with E-state index < -0.39 is 63.9 Å². The van der Waals surface area contributed by atoms with E-state index in [0.717, 1.165) is 6.42 Å². The SMILES string of the molecule is C=C(F)C(=O)OC(OCC(F)(F)S(=O)(=O)O)(C(=O)CC1CCCCC1)C(F)(F)F. The Morgan fingerprint density at radius 2 is 1.59 bits per heavy atom. The van der Waals surface area contributed by atoms with Crippen LogP contribution in [0.15, 0.2) is 12.4 Å². The maximum atomic E-state index is 13.6. The van der Waals surface area contributed by atoms with E-state index in [1.807, 2.05) is 0 Å². The molecular weight excluding hydrogens is 438 g/mol. The van der Waals surface area contributed by atoms with Crippen molar-refractivity contribution in [1.29, 1.82) is 0 Å². The molecule has 7 nitrogen and oxygen atoms in total. The second kappa shape index (κ2) is 9.00. The molecule has 0 bridgehead atoms. The highest BCUT2D eigenvalue weighted by atomic mass is 32.2. The van der Waals surface area contributed by atoms with Crippen LogP contribution in [0.3, 0.4) is 0 Å².